The number of aryl methyl sites for hydroxylation is 1. The van der Waals surface area contributed by atoms with E-state index in [2.05, 4.69) is 10.6 Å². The van der Waals surface area contributed by atoms with Crippen molar-refractivity contribution < 1.29 is 31.8 Å². The Balaban J connectivity index is 1.93. The van der Waals surface area contributed by atoms with Gasteiger partial charge in [0.1, 0.15) is 23.4 Å². The van der Waals surface area contributed by atoms with Gasteiger partial charge < -0.3 is 20.5 Å². The average Bonchev–Trinajstić information content (AvgIpc) is 2.95. The van der Waals surface area contributed by atoms with E-state index in [4.69, 9.17) is 4.74 Å². The summed E-state index contributed by atoms with van der Waals surface area (Å²) in [4.78, 5) is 13.7. The smallest absolute Gasteiger partial charge is 0.239 e. The van der Waals surface area contributed by atoms with Crippen LogP contribution in [-0.2, 0) is 34.2 Å². The van der Waals surface area contributed by atoms with Gasteiger partial charge in [-0.3, -0.25) is 4.79 Å². The van der Waals surface area contributed by atoms with Crippen LogP contribution < -0.4 is 15.4 Å². The molecule has 1 amide bonds. The van der Waals surface area contributed by atoms with Gasteiger partial charge >= 0.3 is 0 Å². The number of aliphatic hydroxyl groups is 1. The highest BCUT2D eigenvalue weighted by Gasteiger charge is 2.33. The number of benzene rings is 2. The van der Waals surface area contributed by atoms with Crippen molar-refractivity contribution in [2.45, 2.75) is 83.0 Å². The standard InChI is InChI=1S/C32H45F2N3O5S/c1-4-5-10-15-43(40,41)37(2)30-12-9-7-6-8-11-24-13-14-28(42-3)19-25(24)21-35-22-31(38)29(36-32(30)39)18-23-16-26(33)20-27(34)17-23/h7,9,13-14,16-17,19-20,29-31,35,38H,4-6,8,10-12,15,18,21-22H2,1-3H3,(H,36,39)/b9-7+/t29-,30-,31+/m0/s1. The van der Waals surface area contributed by atoms with E-state index in [0.29, 0.717) is 18.7 Å². The van der Waals surface area contributed by atoms with Crippen molar-refractivity contribution in [3.8, 4) is 5.75 Å². The molecule has 0 aliphatic carbocycles. The Bertz CT molecular complexity index is 1320. The molecule has 11 heteroatoms. The summed E-state index contributed by atoms with van der Waals surface area (Å²) in [6.45, 7) is 2.47. The fraction of sp³-hybridized carbons (Fsp3) is 0.531. The molecule has 0 aromatic heterocycles. The predicted octanol–water partition coefficient (Wildman–Crippen LogP) is 4.25. The second-order valence-corrected chi connectivity index (χ2v) is 13.2. The molecule has 1 aliphatic heterocycles. The normalized spacial score (nSPS) is 21.7. The van der Waals surface area contributed by atoms with E-state index in [1.807, 2.05) is 37.3 Å². The van der Waals surface area contributed by atoms with Crippen LogP contribution in [0.5, 0.6) is 5.75 Å². The number of likely N-dealkylation sites (N-methyl/N-ethyl adjacent to an activating group) is 1. The van der Waals surface area contributed by atoms with Crippen molar-refractivity contribution in [2.75, 3.05) is 26.5 Å². The Labute approximate surface area is 254 Å². The maximum atomic E-state index is 14.0. The van der Waals surface area contributed by atoms with Gasteiger partial charge in [0, 0.05) is 26.2 Å². The number of hydrogen-bond donors (Lipinski definition) is 3. The monoisotopic (exact) mass is 621 g/mol. The molecule has 2 aromatic carbocycles. The third-order valence-corrected chi connectivity index (χ3v) is 9.72. The van der Waals surface area contributed by atoms with Crippen molar-refractivity contribution in [3.05, 3.63) is 76.9 Å². The summed E-state index contributed by atoms with van der Waals surface area (Å²) >= 11 is 0. The summed E-state index contributed by atoms with van der Waals surface area (Å²) in [7, 11) is -0.739. The van der Waals surface area contributed by atoms with E-state index in [0.717, 1.165) is 65.7 Å². The van der Waals surface area contributed by atoms with Gasteiger partial charge in [-0.15, -0.1) is 0 Å². The summed E-state index contributed by atoms with van der Waals surface area (Å²) in [5.41, 5.74) is 2.41. The fourth-order valence-electron chi connectivity index (χ4n) is 5.23. The molecule has 43 heavy (non-hydrogen) atoms. The number of fused-ring (bicyclic) bond motifs is 1. The Morgan fingerprint density at radius 2 is 1.81 bits per heavy atom. The van der Waals surface area contributed by atoms with E-state index >= 15 is 0 Å². The van der Waals surface area contributed by atoms with Crippen molar-refractivity contribution in [2.24, 2.45) is 0 Å². The van der Waals surface area contributed by atoms with Gasteiger partial charge in [-0.25, -0.2) is 17.2 Å². The quantitative estimate of drug-likeness (QED) is 0.286. The summed E-state index contributed by atoms with van der Waals surface area (Å²) in [5, 5.41) is 17.3. The van der Waals surface area contributed by atoms with Crippen molar-refractivity contribution in [1.29, 1.82) is 0 Å². The van der Waals surface area contributed by atoms with Gasteiger partial charge in [0.2, 0.25) is 15.9 Å². The van der Waals surface area contributed by atoms with E-state index in [1.165, 1.54) is 7.05 Å². The molecule has 3 rings (SSSR count). The molecule has 1 aliphatic rings. The van der Waals surface area contributed by atoms with Crippen LogP contribution in [0, 0.1) is 11.6 Å². The summed E-state index contributed by atoms with van der Waals surface area (Å²) < 4.78 is 60.8. The molecule has 3 N–H and O–H groups in total. The third kappa shape index (κ3) is 10.7. The van der Waals surface area contributed by atoms with Crippen molar-refractivity contribution in [1.82, 2.24) is 14.9 Å². The highest BCUT2D eigenvalue weighted by molar-refractivity contribution is 7.89. The average molecular weight is 622 g/mol. The van der Waals surface area contributed by atoms with Crippen LogP contribution in [0.15, 0.2) is 48.6 Å². The molecule has 1 heterocycles. The van der Waals surface area contributed by atoms with Crippen LogP contribution in [0.2, 0.25) is 0 Å². The number of allylic oxidation sites excluding steroid dienone is 1. The minimum absolute atomic E-state index is 0.0646. The zero-order valence-corrected chi connectivity index (χ0v) is 26.1. The lowest BCUT2D eigenvalue weighted by Crippen LogP contribution is -2.55. The lowest BCUT2D eigenvalue weighted by atomic mass is 9.98. The molecule has 0 saturated heterocycles. The number of carbonyl (C=O) groups is 1. The molecule has 0 fully saturated rings. The second-order valence-electron chi connectivity index (χ2n) is 11.1. The molecule has 0 saturated carbocycles. The molecule has 2 aromatic rings. The minimum Gasteiger partial charge on any atom is -0.497 e. The van der Waals surface area contributed by atoms with E-state index in [-0.39, 0.29) is 30.7 Å². The second kappa shape index (κ2) is 16.8. The first-order valence-corrected chi connectivity index (χ1v) is 16.6. The van der Waals surface area contributed by atoms with Gasteiger partial charge in [0.25, 0.3) is 0 Å². The van der Waals surface area contributed by atoms with Crippen LogP contribution in [-0.4, -0.2) is 68.4 Å². The van der Waals surface area contributed by atoms with E-state index in [9.17, 15) is 27.1 Å². The number of nitrogens with one attached hydrogen (secondary N) is 2. The van der Waals surface area contributed by atoms with Crippen LogP contribution in [0.4, 0.5) is 8.78 Å². The van der Waals surface area contributed by atoms with Crippen LogP contribution in [0.25, 0.3) is 0 Å². The van der Waals surface area contributed by atoms with Crippen LogP contribution in [0.3, 0.4) is 0 Å². The number of halogens is 2. The number of β-amino-alcohol motifs (C(OH)–C–C–N with tert-alkyl or cyclic N) is 1. The SMILES string of the molecule is CCCCCS(=O)(=O)N(C)[C@H]1C/C=C/CCCc2ccc(OC)cc2CNC[C@@H](O)[C@H](Cc2cc(F)cc(F)c2)NC1=O. The topological polar surface area (TPSA) is 108 Å². The summed E-state index contributed by atoms with van der Waals surface area (Å²) in [5.74, 6) is -1.49. The van der Waals surface area contributed by atoms with Gasteiger partial charge in [-0.05, 0) is 79.5 Å². The predicted molar refractivity (Wildman–Crippen MR) is 164 cm³/mol. The lowest BCUT2D eigenvalue weighted by Gasteiger charge is -2.30. The number of unbranched alkanes of at least 4 members (excludes halogenated alkanes) is 2. The number of carbonyl (C=O) groups excluding carboxylic acids is 1. The molecular formula is C32H45F2N3O5S. The molecule has 0 unspecified atom stereocenters. The third-order valence-electron chi connectivity index (χ3n) is 7.78. The Kier molecular flexibility index (Phi) is 13.6. The molecular weight excluding hydrogens is 576 g/mol. The number of ether oxygens (including phenoxy) is 1. The minimum atomic E-state index is -3.74. The zero-order valence-electron chi connectivity index (χ0n) is 25.3. The number of hydrogen-bond acceptors (Lipinski definition) is 6. The molecule has 3 atom stereocenters. The lowest BCUT2D eigenvalue weighted by molar-refractivity contribution is -0.126. The fourth-order valence-corrected chi connectivity index (χ4v) is 6.65. The first-order valence-electron chi connectivity index (χ1n) is 14.9. The molecule has 0 spiro atoms. The first kappa shape index (κ1) is 34.6. The number of nitrogens with zero attached hydrogens (tertiary/aromatic N) is 1. The Morgan fingerprint density at radius 1 is 1.07 bits per heavy atom. The number of aliphatic hydroxyl groups excluding tert-OH is 1. The zero-order chi connectivity index (χ0) is 31.4. The molecule has 8 nitrogen and oxygen atoms in total. The number of sulfonamides is 1. The van der Waals surface area contributed by atoms with Crippen LogP contribution in [0.1, 0.15) is 62.1 Å². The Morgan fingerprint density at radius 3 is 2.51 bits per heavy atom. The molecule has 0 bridgehead atoms. The number of amides is 1. The highest BCUT2D eigenvalue weighted by atomic mass is 32.2. The number of methoxy groups -OCH3 is 1. The van der Waals surface area contributed by atoms with Crippen LogP contribution >= 0.6 is 0 Å². The van der Waals surface area contributed by atoms with Gasteiger partial charge in [0.15, 0.2) is 0 Å². The largest absolute Gasteiger partial charge is 0.497 e. The van der Waals surface area contributed by atoms with E-state index in [1.54, 1.807) is 7.11 Å². The van der Waals surface area contributed by atoms with Crippen molar-refractivity contribution in [3.63, 3.8) is 0 Å². The van der Waals surface area contributed by atoms with Gasteiger partial charge in [-0.2, -0.15) is 4.31 Å². The van der Waals surface area contributed by atoms with Crippen molar-refractivity contribution >= 4 is 15.9 Å². The molecule has 0 radical (unpaired) electrons. The number of rotatable bonds is 9. The summed E-state index contributed by atoms with van der Waals surface area (Å²) in [6.07, 6.45) is 7.19. The Hall–Kier alpha value is -2.86. The molecule has 238 valence electrons. The first-order chi connectivity index (χ1) is 20.5. The van der Waals surface area contributed by atoms with Gasteiger partial charge in [-0.1, -0.05) is 38.0 Å². The van der Waals surface area contributed by atoms with E-state index < -0.39 is 45.8 Å². The van der Waals surface area contributed by atoms with Gasteiger partial charge in [0.05, 0.1) is 25.0 Å². The highest BCUT2D eigenvalue weighted by Crippen LogP contribution is 2.21. The maximum Gasteiger partial charge on any atom is 0.239 e. The summed E-state index contributed by atoms with van der Waals surface area (Å²) in [6, 6.07) is 6.93. The maximum absolute atomic E-state index is 14.0.